The van der Waals surface area contributed by atoms with Crippen LogP contribution in [0.3, 0.4) is 0 Å². The van der Waals surface area contributed by atoms with Gasteiger partial charge in [0.05, 0.1) is 12.9 Å². The van der Waals surface area contributed by atoms with Crippen LogP contribution < -0.4 is 5.73 Å². The standard InChI is InChI=1S/C13H14N4O7/c14-12(22)7-8(9(19)5-2-1-3-23-5)17(16-15-7)13-11(21)10(20)6(4-18)24-13/h1-3,6,10-11,13,18,20-21H,4H2,(H2,14,22)/t6-,10-,11-,13-/m1/s1. The SMILES string of the molecule is NC(=O)c1nnn([C@@H]2O[C@H](CO)[C@@H](O)[C@H]2O)c1C(=O)c1ccco1. The third kappa shape index (κ3) is 2.49. The first-order chi connectivity index (χ1) is 11.5. The summed E-state index contributed by atoms with van der Waals surface area (Å²) in [6, 6.07) is 2.83. The summed E-state index contributed by atoms with van der Waals surface area (Å²) in [6.45, 7) is -0.562. The molecular weight excluding hydrogens is 324 g/mol. The molecule has 128 valence electrons. The molecule has 2 aromatic heterocycles. The molecule has 0 spiro atoms. The zero-order valence-electron chi connectivity index (χ0n) is 12.1. The molecule has 11 heteroatoms. The molecule has 11 nitrogen and oxygen atoms in total. The maximum absolute atomic E-state index is 12.6. The topological polar surface area (TPSA) is 174 Å². The normalized spacial score (nSPS) is 26.6. The predicted molar refractivity (Wildman–Crippen MR) is 73.7 cm³/mol. The van der Waals surface area contributed by atoms with Crippen molar-refractivity contribution in [2.75, 3.05) is 6.61 Å². The summed E-state index contributed by atoms with van der Waals surface area (Å²) in [4.78, 5) is 24.1. The van der Waals surface area contributed by atoms with Gasteiger partial charge >= 0.3 is 0 Å². The molecule has 0 aliphatic carbocycles. The van der Waals surface area contributed by atoms with E-state index < -0.39 is 48.5 Å². The van der Waals surface area contributed by atoms with Crippen LogP contribution in [0.25, 0.3) is 0 Å². The van der Waals surface area contributed by atoms with Crippen LogP contribution >= 0.6 is 0 Å². The quantitative estimate of drug-likeness (QED) is 0.441. The first-order valence-electron chi connectivity index (χ1n) is 6.91. The lowest BCUT2D eigenvalue weighted by Crippen LogP contribution is -2.34. The summed E-state index contributed by atoms with van der Waals surface area (Å²) in [5.41, 5.74) is 4.41. The van der Waals surface area contributed by atoms with Gasteiger partial charge in [0, 0.05) is 0 Å². The maximum atomic E-state index is 12.6. The molecule has 4 atom stereocenters. The first-order valence-corrected chi connectivity index (χ1v) is 6.91. The Morgan fingerprint density at radius 2 is 2.08 bits per heavy atom. The van der Waals surface area contributed by atoms with Crippen LogP contribution in [0.5, 0.6) is 0 Å². The van der Waals surface area contributed by atoms with Crippen molar-refractivity contribution in [3.8, 4) is 0 Å². The fourth-order valence-electron chi connectivity index (χ4n) is 2.46. The van der Waals surface area contributed by atoms with Crippen LogP contribution in [0.2, 0.25) is 0 Å². The van der Waals surface area contributed by atoms with Crippen LogP contribution in [-0.4, -0.2) is 66.9 Å². The number of primary amides is 1. The summed E-state index contributed by atoms with van der Waals surface area (Å²) in [6.07, 6.45) is -4.08. The number of rotatable bonds is 5. The van der Waals surface area contributed by atoms with Crippen LogP contribution in [0.15, 0.2) is 22.8 Å². The highest BCUT2D eigenvalue weighted by Gasteiger charge is 2.46. The van der Waals surface area contributed by atoms with Gasteiger partial charge in [0.1, 0.15) is 24.0 Å². The number of amides is 1. The van der Waals surface area contributed by atoms with E-state index in [0.717, 1.165) is 4.68 Å². The Morgan fingerprint density at radius 3 is 2.62 bits per heavy atom. The van der Waals surface area contributed by atoms with Crippen molar-refractivity contribution in [2.24, 2.45) is 5.73 Å². The number of aliphatic hydroxyl groups is 3. The third-order valence-electron chi connectivity index (χ3n) is 3.65. The zero-order chi connectivity index (χ0) is 17.4. The average Bonchev–Trinajstić information content (AvgIpc) is 3.27. The molecule has 0 unspecified atom stereocenters. The number of carbonyl (C=O) groups is 2. The van der Waals surface area contributed by atoms with Crippen molar-refractivity contribution in [1.82, 2.24) is 15.0 Å². The van der Waals surface area contributed by atoms with Crippen LogP contribution in [0, 0.1) is 0 Å². The molecule has 5 N–H and O–H groups in total. The van der Waals surface area contributed by atoms with Crippen molar-refractivity contribution < 1.29 is 34.1 Å². The third-order valence-corrected chi connectivity index (χ3v) is 3.65. The highest BCUT2D eigenvalue weighted by molar-refractivity contribution is 6.11. The molecule has 0 radical (unpaired) electrons. The van der Waals surface area contributed by atoms with Crippen LogP contribution in [0.1, 0.15) is 33.0 Å². The molecule has 3 heterocycles. The Hall–Kier alpha value is -2.60. The second-order valence-electron chi connectivity index (χ2n) is 5.13. The summed E-state index contributed by atoms with van der Waals surface area (Å²) in [7, 11) is 0. The smallest absolute Gasteiger partial charge is 0.271 e. The number of nitrogens with two attached hydrogens (primary N) is 1. The Kier molecular flexibility index (Phi) is 4.15. The van der Waals surface area contributed by atoms with E-state index in [1.165, 1.54) is 18.4 Å². The second-order valence-corrected chi connectivity index (χ2v) is 5.13. The average molecular weight is 338 g/mol. The molecule has 24 heavy (non-hydrogen) atoms. The molecule has 1 saturated heterocycles. The number of carbonyl (C=O) groups excluding carboxylic acids is 2. The van der Waals surface area contributed by atoms with Gasteiger partial charge in [-0.3, -0.25) is 9.59 Å². The van der Waals surface area contributed by atoms with E-state index in [-0.39, 0.29) is 11.5 Å². The van der Waals surface area contributed by atoms with E-state index >= 15 is 0 Å². The Bertz CT molecular complexity index is 756. The summed E-state index contributed by atoms with van der Waals surface area (Å²) >= 11 is 0. The van der Waals surface area contributed by atoms with E-state index in [4.69, 9.17) is 20.0 Å². The summed E-state index contributed by atoms with van der Waals surface area (Å²) < 4.78 is 11.1. The minimum atomic E-state index is -1.51. The van der Waals surface area contributed by atoms with Crippen molar-refractivity contribution in [3.63, 3.8) is 0 Å². The van der Waals surface area contributed by atoms with E-state index in [1.807, 2.05) is 0 Å². The van der Waals surface area contributed by atoms with Crippen molar-refractivity contribution in [3.05, 3.63) is 35.5 Å². The Balaban J connectivity index is 2.06. The van der Waals surface area contributed by atoms with Gasteiger partial charge in [-0.05, 0) is 12.1 Å². The molecule has 1 amide bonds. The largest absolute Gasteiger partial charge is 0.461 e. The van der Waals surface area contributed by atoms with E-state index in [1.54, 1.807) is 0 Å². The van der Waals surface area contributed by atoms with E-state index in [0.29, 0.717) is 0 Å². The van der Waals surface area contributed by atoms with Gasteiger partial charge in [-0.2, -0.15) is 0 Å². The molecule has 1 aliphatic heterocycles. The highest BCUT2D eigenvalue weighted by Crippen LogP contribution is 2.30. The summed E-state index contributed by atoms with van der Waals surface area (Å²) in [5, 5.41) is 36.2. The molecule has 0 saturated carbocycles. The number of ether oxygens (including phenoxy) is 1. The zero-order valence-corrected chi connectivity index (χ0v) is 12.1. The van der Waals surface area contributed by atoms with E-state index in [2.05, 4.69) is 10.3 Å². The molecule has 3 rings (SSSR count). The molecular formula is C13H14N4O7. The van der Waals surface area contributed by atoms with E-state index in [9.17, 15) is 19.8 Å². The van der Waals surface area contributed by atoms with Gasteiger partial charge in [0.2, 0.25) is 5.78 Å². The van der Waals surface area contributed by atoms with Gasteiger partial charge < -0.3 is 30.2 Å². The van der Waals surface area contributed by atoms with Gasteiger partial charge in [0.15, 0.2) is 17.7 Å². The maximum Gasteiger partial charge on any atom is 0.271 e. The predicted octanol–water partition coefficient (Wildman–Crippen LogP) is -2.19. The Morgan fingerprint density at radius 1 is 1.33 bits per heavy atom. The molecule has 2 aromatic rings. The molecule has 1 aliphatic rings. The molecule has 1 fully saturated rings. The summed E-state index contributed by atoms with van der Waals surface area (Å²) in [5.74, 6) is -1.87. The fraction of sp³-hybridized carbons (Fsp3) is 0.385. The number of nitrogens with zero attached hydrogens (tertiary/aromatic N) is 3. The van der Waals surface area contributed by atoms with Gasteiger partial charge in [0.25, 0.3) is 5.91 Å². The minimum absolute atomic E-state index is 0.104. The number of furan rings is 1. The lowest BCUT2D eigenvalue weighted by molar-refractivity contribution is -0.0601. The lowest BCUT2D eigenvalue weighted by atomic mass is 10.1. The van der Waals surface area contributed by atoms with Crippen LogP contribution in [-0.2, 0) is 4.74 Å². The van der Waals surface area contributed by atoms with Gasteiger partial charge in [-0.15, -0.1) is 5.10 Å². The number of hydrogen-bond acceptors (Lipinski definition) is 9. The number of aliphatic hydroxyl groups excluding tert-OH is 3. The Labute approximate surface area is 134 Å². The van der Waals surface area contributed by atoms with Gasteiger partial charge in [-0.1, -0.05) is 5.21 Å². The monoisotopic (exact) mass is 338 g/mol. The molecule has 0 aromatic carbocycles. The number of hydrogen-bond donors (Lipinski definition) is 4. The van der Waals surface area contributed by atoms with Crippen LogP contribution in [0.4, 0.5) is 0 Å². The van der Waals surface area contributed by atoms with Crippen molar-refractivity contribution in [2.45, 2.75) is 24.5 Å². The minimum Gasteiger partial charge on any atom is -0.461 e. The number of ketones is 1. The number of aromatic nitrogens is 3. The lowest BCUT2D eigenvalue weighted by Gasteiger charge is -2.16. The fourth-order valence-corrected chi connectivity index (χ4v) is 2.46. The highest BCUT2D eigenvalue weighted by atomic mass is 16.6. The van der Waals surface area contributed by atoms with Crippen molar-refractivity contribution in [1.29, 1.82) is 0 Å². The molecule has 0 bridgehead atoms. The van der Waals surface area contributed by atoms with Gasteiger partial charge in [-0.25, -0.2) is 4.68 Å². The second kappa shape index (κ2) is 6.13. The first kappa shape index (κ1) is 16.3. The van der Waals surface area contributed by atoms with Crippen molar-refractivity contribution >= 4 is 11.7 Å².